The Kier molecular flexibility index (Phi) is 4.67. The number of hydrogen-bond acceptors (Lipinski definition) is 5. The van der Waals surface area contributed by atoms with E-state index in [1.165, 1.54) is 6.07 Å². The fraction of sp³-hybridized carbons (Fsp3) is 0.111. The average Bonchev–Trinajstić information content (AvgIpc) is 3.18. The maximum atomic E-state index is 13.6. The van der Waals surface area contributed by atoms with Crippen LogP contribution in [0.15, 0.2) is 80.4 Å². The third-order valence-electron chi connectivity index (χ3n) is 5.62. The van der Waals surface area contributed by atoms with Gasteiger partial charge in [0, 0.05) is 22.6 Å². The van der Waals surface area contributed by atoms with E-state index in [0.717, 1.165) is 22.1 Å². The van der Waals surface area contributed by atoms with Crippen LogP contribution >= 0.6 is 0 Å². The average molecular weight is 424 g/mol. The molecule has 3 aromatic carbocycles. The Bertz CT molecular complexity index is 1570. The Labute approximate surface area is 183 Å². The lowest BCUT2D eigenvalue weighted by atomic mass is 9.95. The minimum atomic E-state index is -0.445. The Hall–Kier alpha value is -4.12. The van der Waals surface area contributed by atoms with E-state index in [-0.39, 0.29) is 11.5 Å². The molecule has 0 fully saturated rings. The number of benzene rings is 3. The summed E-state index contributed by atoms with van der Waals surface area (Å²) >= 11 is 0. The molecule has 0 spiro atoms. The summed E-state index contributed by atoms with van der Waals surface area (Å²) in [5.41, 5.74) is 4.15. The molecule has 32 heavy (non-hydrogen) atoms. The van der Waals surface area contributed by atoms with Gasteiger partial charge in [0.2, 0.25) is 5.78 Å². The number of ether oxygens (including phenoxy) is 1. The molecule has 0 bridgehead atoms. The molecule has 0 aliphatic carbocycles. The number of carbonyl (C=O) groups excluding carboxylic acids is 1. The normalized spacial score (nSPS) is 11.2. The molecule has 5 rings (SSSR count). The van der Waals surface area contributed by atoms with Crippen molar-refractivity contribution in [2.75, 3.05) is 7.11 Å². The Morgan fingerprint density at radius 2 is 1.72 bits per heavy atom. The van der Waals surface area contributed by atoms with Crippen LogP contribution in [0.2, 0.25) is 0 Å². The van der Waals surface area contributed by atoms with Gasteiger partial charge in [-0.3, -0.25) is 4.79 Å². The van der Waals surface area contributed by atoms with Gasteiger partial charge in [0.15, 0.2) is 5.76 Å². The molecule has 0 saturated heterocycles. The van der Waals surface area contributed by atoms with Gasteiger partial charge in [0.1, 0.15) is 16.9 Å². The van der Waals surface area contributed by atoms with Gasteiger partial charge in [-0.05, 0) is 49.2 Å². The summed E-state index contributed by atoms with van der Waals surface area (Å²) in [6.07, 6.45) is 0. The fourth-order valence-corrected chi connectivity index (χ4v) is 4.09. The molecule has 2 heterocycles. The number of aryl methyl sites for hydroxylation is 2. The summed E-state index contributed by atoms with van der Waals surface area (Å²) in [7, 11) is 1.55. The molecule has 0 atom stereocenters. The molecular weight excluding hydrogens is 404 g/mol. The van der Waals surface area contributed by atoms with E-state index in [1.54, 1.807) is 31.4 Å². The van der Waals surface area contributed by atoms with Crippen molar-refractivity contribution in [1.29, 1.82) is 0 Å². The molecule has 0 amide bonds. The maximum absolute atomic E-state index is 13.6. The summed E-state index contributed by atoms with van der Waals surface area (Å²) in [5, 5.41) is 1.41. The molecule has 0 saturated carbocycles. The van der Waals surface area contributed by atoms with Crippen LogP contribution in [0.5, 0.6) is 5.75 Å². The number of carbonyl (C=O) groups is 1. The largest absolute Gasteiger partial charge is 0.497 e. The van der Waals surface area contributed by atoms with Crippen LogP contribution in [0.25, 0.3) is 33.1 Å². The van der Waals surface area contributed by atoms with Crippen LogP contribution < -0.4 is 10.4 Å². The molecular formula is C27H20O5. The van der Waals surface area contributed by atoms with E-state index < -0.39 is 5.63 Å². The molecule has 0 aliphatic rings. The van der Waals surface area contributed by atoms with Gasteiger partial charge in [-0.25, -0.2) is 4.79 Å². The highest BCUT2D eigenvalue weighted by atomic mass is 16.5. The van der Waals surface area contributed by atoms with Crippen molar-refractivity contribution in [2.24, 2.45) is 0 Å². The van der Waals surface area contributed by atoms with E-state index in [0.29, 0.717) is 33.4 Å². The Morgan fingerprint density at radius 3 is 2.50 bits per heavy atom. The third kappa shape index (κ3) is 3.19. The number of ketones is 1. The van der Waals surface area contributed by atoms with E-state index in [2.05, 4.69) is 0 Å². The Morgan fingerprint density at radius 1 is 0.906 bits per heavy atom. The number of furan rings is 1. The van der Waals surface area contributed by atoms with Crippen molar-refractivity contribution >= 4 is 27.7 Å². The van der Waals surface area contributed by atoms with Gasteiger partial charge >= 0.3 is 5.63 Å². The lowest BCUT2D eigenvalue weighted by Gasteiger charge is -2.07. The molecule has 0 unspecified atom stereocenters. The topological polar surface area (TPSA) is 69.7 Å². The fourth-order valence-electron chi connectivity index (χ4n) is 4.09. The second-order valence-corrected chi connectivity index (χ2v) is 7.80. The summed E-state index contributed by atoms with van der Waals surface area (Å²) in [6, 6.07) is 19.9. The molecule has 0 radical (unpaired) electrons. The molecule has 5 aromatic rings. The third-order valence-corrected chi connectivity index (χ3v) is 5.62. The lowest BCUT2D eigenvalue weighted by molar-refractivity contribution is 0.101. The van der Waals surface area contributed by atoms with E-state index >= 15 is 0 Å². The molecule has 158 valence electrons. The van der Waals surface area contributed by atoms with Crippen molar-refractivity contribution < 1.29 is 18.4 Å². The molecule has 0 aliphatic heterocycles. The van der Waals surface area contributed by atoms with Gasteiger partial charge in [-0.15, -0.1) is 0 Å². The van der Waals surface area contributed by atoms with Crippen LogP contribution in [-0.2, 0) is 0 Å². The van der Waals surface area contributed by atoms with E-state index in [1.807, 2.05) is 50.2 Å². The zero-order valence-corrected chi connectivity index (χ0v) is 17.9. The highest BCUT2D eigenvalue weighted by molar-refractivity contribution is 6.20. The SMILES string of the molecule is COc1cccc(C(=O)c2oc3ccc4c(C)cc(=O)oc4c3c2-c2cccc(C)c2)c1. The van der Waals surface area contributed by atoms with Gasteiger partial charge in [0.05, 0.1) is 12.5 Å². The predicted molar refractivity (Wildman–Crippen MR) is 124 cm³/mol. The second kappa shape index (κ2) is 7.54. The van der Waals surface area contributed by atoms with Crippen LogP contribution in [0.1, 0.15) is 27.2 Å². The van der Waals surface area contributed by atoms with Crippen LogP contribution in [-0.4, -0.2) is 12.9 Å². The lowest BCUT2D eigenvalue weighted by Crippen LogP contribution is -2.02. The van der Waals surface area contributed by atoms with Crippen LogP contribution in [0.4, 0.5) is 0 Å². The molecule has 5 nitrogen and oxygen atoms in total. The Balaban J connectivity index is 1.89. The summed E-state index contributed by atoms with van der Waals surface area (Å²) in [5.74, 6) is 0.492. The predicted octanol–water partition coefficient (Wildman–Crippen LogP) is 6.06. The van der Waals surface area contributed by atoms with Gasteiger partial charge in [-0.2, -0.15) is 0 Å². The van der Waals surface area contributed by atoms with Gasteiger partial charge < -0.3 is 13.6 Å². The number of hydrogen-bond donors (Lipinski definition) is 0. The minimum Gasteiger partial charge on any atom is -0.497 e. The molecule has 2 aromatic heterocycles. The first-order valence-electron chi connectivity index (χ1n) is 10.2. The zero-order valence-electron chi connectivity index (χ0n) is 17.9. The van der Waals surface area contributed by atoms with Gasteiger partial charge in [0.25, 0.3) is 0 Å². The number of methoxy groups -OCH3 is 1. The van der Waals surface area contributed by atoms with Crippen LogP contribution in [0, 0.1) is 13.8 Å². The smallest absolute Gasteiger partial charge is 0.336 e. The molecule has 0 N–H and O–H groups in total. The first-order valence-corrected chi connectivity index (χ1v) is 10.2. The van der Waals surface area contributed by atoms with Gasteiger partial charge in [-0.1, -0.05) is 42.0 Å². The van der Waals surface area contributed by atoms with Crippen molar-refractivity contribution in [3.05, 3.63) is 99.6 Å². The first kappa shape index (κ1) is 19.8. The van der Waals surface area contributed by atoms with Crippen molar-refractivity contribution in [2.45, 2.75) is 13.8 Å². The van der Waals surface area contributed by atoms with Crippen LogP contribution in [0.3, 0.4) is 0 Å². The summed E-state index contributed by atoms with van der Waals surface area (Å²) < 4.78 is 17.0. The number of rotatable bonds is 4. The second-order valence-electron chi connectivity index (χ2n) is 7.80. The summed E-state index contributed by atoms with van der Waals surface area (Å²) in [6.45, 7) is 3.84. The van der Waals surface area contributed by atoms with Crippen molar-refractivity contribution in [3.63, 3.8) is 0 Å². The highest BCUT2D eigenvalue weighted by Gasteiger charge is 2.26. The first-order chi connectivity index (χ1) is 15.5. The van der Waals surface area contributed by atoms with Crippen molar-refractivity contribution in [1.82, 2.24) is 0 Å². The summed E-state index contributed by atoms with van der Waals surface area (Å²) in [4.78, 5) is 25.8. The molecule has 5 heteroatoms. The van der Waals surface area contributed by atoms with E-state index in [9.17, 15) is 9.59 Å². The quantitative estimate of drug-likeness (QED) is 0.259. The monoisotopic (exact) mass is 424 g/mol. The highest BCUT2D eigenvalue weighted by Crippen LogP contribution is 2.40. The number of fused-ring (bicyclic) bond motifs is 3. The standard InChI is InChI=1S/C27H20O5/c1-15-6-4-7-17(12-15)23-24-21(11-10-20-16(2)13-22(28)32-26(20)24)31-27(23)25(29)18-8-5-9-19(14-18)30-3/h4-14H,1-3H3. The van der Waals surface area contributed by atoms with Crippen molar-refractivity contribution in [3.8, 4) is 16.9 Å². The maximum Gasteiger partial charge on any atom is 0.336 e. The minimum absolute atomic E-state index is 0.190. The zero-order chi connectivity index (χ0) is 22.4. The van der Waals surface area contributed by atoms with E-state index in [4.69, 9.17) is 13.6 Å².